The molecule has 2 amide bonds. The normalized spacial score (nSPS) is 10.7. The third kappa shape index (κ3) is 4.65. The Labute approximate surface area is 194 Å². The Balaban J connectivity index is 1.46. The minimum absolute atomic E-state index is 0.228. The number of carbonyl (C=O) groups excluding carboxylic acids is 2. The van der Waals surface area contributed by atoms with Crippen molar-refractivity contribution in [1.82, 2.24) is 0 Å². The largest absolute Gasteiger partial charge is 0.495 e. The number of amides is 2. The average molecular weight is 544 g/mol. The summed E-state index contributed by atoms with van der Waals surface area (Å²) in [5.74, 6) is -0.00376. The van der Waals surface area contributed by atoms with Gasteiger partial charge in [0.25, 0.3) is 11.8 Å². The number of fused-ring (bicyclic) bond motifs is 1. The van der Waals surface area contributed by atoms with Gasteiger partial charge in [-0.05, 0) is 64.5 Å². The van der Waals surface area contributed by atoms with Gasteiger partial charge < -0.3 is 19.8 Å². The molecule has 0 spiro atoms. The average Bonchev–Trinajstić information content (AvgIpc) is 3.19. The molecule has 4 aromatic rings. The van der Waals surface area contributed by atoms with Gasteiger partial charge in [-0.3, -0.25) is 9.59 Å². The summed E-state index contributed by atoms with van der Waals surface area (Å²) in [6.45, 7) is 0. The molecule has 0 aliphatic rings. The van der Waals surface area contributed by atoms with E-state index in [4.69, 9.17) is 9.15 Å². The van der Waals surface area contributed by atoms with Crippen molar-refractivity contribution in [1.29, 1.82) is 0 Å². The summed E-state index contributed by atoms with van der Waals surface area (Å²) in [4.78, 5) is 25.2. The molecule has 0 atom stereocenters. The van der Waals surface area contributed by atoms with Gasteiger partial charge in [0.15, 0.2) is 5.76 Å². The second-order valence-corrected chi connectivity index (χ2v) is 8.37. The van der Waals surface area contributed by atoms with E-state index in [1.807, 2.05) is 24.3 Å². The second-order valence-electron chi connectivity index (χ2n) is 6.60. The fourth-order valence-electron chi connectivity index (χ4n) is 3.06. The second kappa shape index (κ2) is 8.95. The third-order valence-electron chi connectivity index (χ3n) is 4.51. The van der Waals surface area contributed by atoms with Crippen LogP contribution in [0.15, 0.2) is 80.1 Å². The predicted octanol–water partition coefficient (Wildman–Crippen LogP) is 6.47. The molecule has 2 N–H and O–H groups in total. The first-order chi connectivity index (χ1) is 14.9. The zero-order valence-corrected chi connectivity index (χ0v) is 19.4. The van der Waals surface area contributed by atoms with Gasteiger partial charge in [-0.2, -0.15) is 0 Å². The van der Waals surface area contributed by atoms with E-state index in [0.717, 1.165) is 9.86 Å². The molecule has 1 heterocycles. The number of benzene rings is 3. The Bertz CT molecular complexity index is 1250. The molecule has 0 radical (unpaired) electrons. The fraction of sp³-hybridized carbons (Fsp3) is 0.0435. The number of furan rings is 1. The summed E-state index contributed by atoms with van der Waals surface area (Å²) in [7, 11) is 1.50. The van der Waals surface area contributed by atoms with Crippen LogP contribution in [0.25, 0.3) is 11.0 Å². The molecular weight excluding hydrogens is 528 g/mol. The molecule has 31 heavy (non-hydrogen) atoms. The van der Waals surface area contributed by atoms with Gasteiger partial charge in [0.2, 0.25) is 0 Å². The number of anilines is 2. The lowest BCUT2D eigenvalue weighted by Crippen LogP contribution is -2.14. The fourth-order valence-corrected chi connectivity index (χ4v) is 4.45. The molecule has 0 aliphatic carbocycles. The van der Waals surface area contributed by atoms with E-state index in [1.165, 1.54) is 7.11 Å². The number of halogens is 2. The number of carbonyl (C=O) groups is 2. The predicted molar refractivity (Wildman–Crippen MR) is 127 cm³/mol. The molecule has 0 aliphatic heterocycles. The molecular formula is C23H16Br2N2O4. The summed E-state index contributed by atoms with van der Waals surface area (Å²) < 4.78 is 12.3. The lowest BCUT2D eigenvalue weighted by Gasteiger charge is -2.12. The lowest BCUT2D eigenvalue weighted by atomic mass is 10.1. The van der Waals surface area contributed by atoms with Crippen molar-refractivity contribution in [2.24, 2.45) is 0 Å². The van der Waals surface area contributed by atoms with Gasteiger partial charge >= 0.3 is 0 Å². The topological polar surface area (TPSA) is 80.6 Å². The van der Waals surface area contributed by atoms with Crippen molar-refractivity contribution >= 4 is 66.0 Å². The Hall–Kier alpha value is -3.10. The van der Waals surface area contributed by atoms with Crippen LogP contribution >= 0.6 is 31.9 Å². The molecule has 1 aromatic heterocycles. The van der Waals surface area contributed by atoms with Crippen molar-refractivity contribution in [3.63, 3.8) is 0 Å². The number of ether oxygens (including phenoxy) is 1. The van der Waals surface area contributed by atoms with Crippen LogP contribution in [0.3, 0.4) is 0 Å². The third-order valence-corrected chi connectivity index (χ3v) is 5.55. The van der Waals surface area contributed by atoms with Gasteiger partial charge in [-0.15, -0.1) is 0 Å². The van der Waals surface area contributed by atoms with Gasteiger partial charge in [-0.1, -0.05) is 34.1 Å². The highest BCUT2D eigenvalue weighted by Crippen LogP contribution is 2.33. The Morgan fingerprint density at radius 1 is 0.871 bits per heavy atom. The zero-order chi connectivity index (χ0) is 22.0. The lowest BCUT2D eigenvalue weighted by molar-refractivity contribution is 0.0996. The molecule has 3 aromatic carbocycles. The van der Waals surface area contributed by atoms with Gasteiger partial charge in [-0.25, -0.2) is 0 Å². The molecule has 0 fully saturated rings. The maximum Gasteiger partial charge on any atom is 0.291 e. The Morgan fingerprint density at radius 2 is 1.52 bits per heavy atom. The van der Waals surface area contributed by atoms with Crippen LogP contribution in [0, 0.1) is 0 Å². The number of nitrogens with one attached hydrogen (secondary N) is 2. The minimum Gasteiger partial charge on any atom is -0.495 e. The van der Waals surface area contributed by atoms with E-state index in [-0.39, 0.29) is 17.6 Å². The van der Waals surface area contributed by atoms with Crippen molar-refractivity contribution in [2.45, 2.75) is 0 Å². The summed E-state index contributed by atoms with van der Waals surface area (Å²) in [5.41, 5.74) is 2.18. The maximum atomic E-state index is 12.7. The van der Waals surface area contributed by atoms with Crippen molar-refractivity contribution in [2.75, 3.05) is 17.7 Å². The van der Waals surface area contributed by atoms with E-state index < -0.39 is 0 Å². The molecule has 0 saturated carbocycles. The van der Waals surface area contributed by atoms with Crippen LogP contribution in [0.1, 0.15) is 20.9 Å². The van der Waals surface area contributed by atoms with Crippen LogP contribution in [0.5, 0.6) is 5.75 Å². The highest BCUT2D eigenvalue weighted by molar-refractivity contribution is 9.11. The van der Waals surface area contributed by atoms with E-state index in [9.17, 15) is 9.59 Å². The molecule has 0 saturated heterocycles. The monoisotopic (exact) mass is 542 g/mol. The number of para-hydroxylation sites is 1. The first-order valence-electron chi connectivity index (χ1n) is 9.19. The van der Waals surface area contributed by atoms with Crippen molar-refractivity contribution in [3.05, 3.63) is 87.0 Å². The maximum absolute atomic E-state index is 12.7. The number of rotatable bonds is 5. The van der Waals surface area contributed by atoms with Crippen LogP contribution < -0.4 is 15.4 Å². The first-order valence-corrected chi connectivity index (χ1v) is 10.8. The molecule has 4 rings (SSSR count). The first kappa shape index (κ1) is 21.1. The SMILES string of the molecule is COc1c(Br)cc(Br)cc1C(=O)Nc1ccc(NC(=O)c2cc3ccccc3o2)cc1. The quantitative estimate of drug-likeness (QED) is 0.302. The molecule has 0 unspecified atom stereocenters. The molecule has 6 nitrogen and oxygen atoms in total. The van der Waals surface area contributed by atoms with Crippen LogP contribution in [0.4, 0.5) is 11.4 Å². The van der Waals surface area contributed by atoms with Crippen LogP contribution in [-0.4, -0.2) is 18.9 Å². The summed E-state index contributed by atoms with van der Waals surface area (Å²) in [6, 6.07) is 19.4. The van der Waals surface area contributed by atoms with Crippen LogP contribution in [-0.2, 0) is 0 Å². The van der Waals surface area contributed by atoms with Gasteiger partial charge in [0, 0.05) is 21.2 Å². The highest BCUT2D eigenvalue weighted by Gasteiger charge is 2.17. The number of methoxy groups -OCH3 is 1. The minimum atomic E-state index is -0.350. The summed E-state index contributed by atoms with van der Waals surface area (Å²) >= 11 is 6.77. The Morgan fingerprint density at radius 3 is 2.16 bits per heavy atom. The molecule has 8 heteroatoms. The number of hydrogen-bond acceptors (Lipinski definition) is 4. The number of hydrogen-bond donors (Lipinski definition) is 2. The van der Waals surface area contributed by atoms with Gasteiger partial charge in [0.05, 0.1) is 17.1 Å². The van der Waals surface area contributed by atoms with E-state index in [2.05, 4.69) is 42.5 Å². The van der Waals surface area contributed by atoms with E-state index >= 15 is 0 Å². The van der Waals surface area contributed by atoms with Crippen molar-refractivity contribution in [3.8, 4) is 5.75 Å². The standard InChI is InChI=1S/C23H16Br2N2O4/c1-30-21-17(11-14(24)12-18(21)25)22(28)26-15-6-8-16(9-7-15)27-23(29)20-10-13-4-2-3-5-19(13)31-20/h2-12H,1H3,(H,26,28)(H,27,29). The summed E-state index contributed by atoms with van der Waals surface area (Å²) in [6.07, 6.45) is 0. The van der Waals surface area contributed by atoms with E-state index in [0.29, 0.717) is 32.7 Å². The smallest absolute Gasteiger partial charge is 0.291 e. The molecule has 156 valence electrons. The molecule has 0 bridgehead atoms. The summed E-state index contributed by atoms with van der Waals surface area (Å²) in [5, 5.41) is 6.47. The zero-order valence-electron chi connectivity index (χ0n) is 16.2. The van der Waals surface area contributed by atoms with Gasteiger partial charge in [0.1, 0.15) is 11.3 Å². The van der Waals surface area contributed by atoms with Crippen LogP contribution in [0.2, 0.25) is 0 Å². The van der Waals surface area contributed by atoms with Crippen molar-refractivity contribution < 1.29 is 18.7 Å². The Kier molecular flexibility index (Phi) is 6.11. The highest BCUT2D eigenvalue weighted by atomic mass is 79.9. The van der Waals surface area contributed by atoms with E-state index in [1.54, 1.807) is 42.5 Å².